The van der Waals surface area contributed by atoms with Crippen molar-refractivity contribution in [3.63, 3.8) is 0 Å². The van der Waals surface area contributed by atoms with E-state index in [2.05, 4.69) is 36.5 Å². The van der Waals surface area contributed by atoms with Crippen LogP contribution in [0.3, 0.4) is 0 Å². The first-order valence-electron chi connectivity index (χ1n) is 4.86. The molecule has 0 bridgehead atoms. The number of hydrogen-bond acceptors (Lipinski definition) is 2. The maximum atomic E-state index is 5.11. The monoisotopic (exact) mass is 201 g/mol. The third kappa shape index (κ3) is 2.52. The van der Waals surface area contributed by atoms with E-state index in [1.807, 2.05) is 6.07 Å². The van der Waals surface area contributed by atoms with E-state index in [0.29, 0.717) is 0 Å². The quantitative estimate of drug-likeness (QED) is 0.590. The molecular formula is C11H12BNS. The molecule has 3 heteroatoms. The van der Waals surface area contributed by atoms with E-state index in [9.17, 15) is 0 Å². The SMILES string of the molecule is S=C1B=C(NCc2ccccc2)CC1. The minimum absolute atomic E-state index is 0.898. The van der Waals surface area contributed by atoms with Crippen LogP contribution in [0.4, 0.5) is 0 Å². The number of rotatable bonds is 3. The van der Waals surface area contributed by atoms with Crippen LogP contribution >= 0.6 is 12.2 Å². The van der Waals surface area contributed by atoms with Gasteiger partial charge in [0.1, 0.15) is 0 Å². The van der Waals surface area contributed by atoms with Crippen molar-refractivity contribution >= 4 is 29.5 Å². The molecule has 0 amide bonds. The molecule has 70 valence electrons. The minimum atomic E-state index is 0.898. The molecule has 1 aliphatic rings. The molecule has 0 unspecified atom stereocenters. The average molecular weight is 201 g/mol. The second kappa shape index (κ2) is 4.51. The van der Waals surface area contributed by atoms with Crippen molar-refractivity contribution in [3.8, 4) is 0 Å². The Balaban J connectivity index is 1.89. The van der Waals surface area contributed by atoms with Gasteiger partial charge in [-0.05, 0) is 0 Å². The summed E-state index contributed by atoms with van der Waals surface area (Å²) in [6.45, 7) is 2.98. The molecule has 0 aromatic heterocycles. The van der Waals surface area contributed by atoms with Gasteiger partial charge in [0.05, 0.1) is 0 Å². The summed E-state index contributed by atoms with van der Waals surface area (Å²) in [4.78, 5) is 0. The molecule has 1 nitrogen and oxygen atoms in total. The van der Waals surface area contributed by atoms with E-state index in [-0.39, 0.29) is 0 Å². The molecule has 1 N–H and O–H groups in total. The maximum absolute atomic E-state index is 5.11. The van der Waals surface area contributed by atoms with E-state index < -0.39 is 0 Å². The van der Waals surface area contributed by atoms with Gasteiger partial charge < -0.3 is 0 Å². The molecule has 1 aromatic carbocycles. The van der Waals surface area contributed by atoms with Gasteiger partial charge in [0.25, 0.3) is 0 Å². The first kappa shape index (κ1) is 9.59. The number of nitrogens with one attached hydrogen (secondary N) is 1. The molecule has 14 heavy (non-hydrogen) atoms. The van der Waals surface area contributed by atoms with Crippen LogP contribution in [0.1, 0.15) is 18.4 Å². The summed E-state index contributed by atoms with van der Waals surface area (Å²) in [5.74, 6) is 0. The van der Waals surface area contributed by atoms with Gasteiger partial charge in [-0.25, -0.2) is 0 Å². The topological polar surface area (TPSA) is 12.0 Å². The van der Waals surface area contributed by atoms with Gasteiger partial charge in [-0.3, -0.25) is 0 Å². The fourth-order valence-electron chi connectivity index (χ4n) is 1.55. The van der Waals surface area contributed by atoms with Crippen LogP contribution in [0, 0.1) is 0 Å². The zero-order valence-corrected chi connectivity index (χ0v) is 8.81. The number of hydrogen-bond donors (Lipinski definition) is 1. The Morgan fingerprint density at radius 1 is 1.21 bits per heavy atom. The molecule has 0 saturated heterocycles. The van der Waals surface area contributed by atoms with Crippen LogP contribution in [0.5, 0.6) is 0 Å². The first-order chi connectivity index (χ1) is 6.84. The summed E-state index contributed by atoms with van der Waals surface area (Å²) in [5.41, 5.74) is 2.59. The fraction of sp³-hybridized carbons (Fsp3) is 0.273. The van der Waals surface area contributed by atoms with E-state index >= 15 is 0 Å². The van der Waals surface area contributed by atoms with E-state index in [4.69, 9.17) is 12.2 Å². The second-order valence-electron chi connectivity index (χ2n) is 3.48. The molecule has 1 heterocycles. The third-order valence-corrected chi connectivity index (χ3v) is 2.66. The molecule has 0 saturated carbocycles. The van der Waals surface area contributed by atoms with E-state index in [0.717, 1.165) is 24.2 Å². The Morgan fingerprint density at radius 2 is 2.00 bits per heavy atom. The second-order valence-corrected chi connectivity index (χ2v) is 4.00. The van der Waals surface area contributed by atoms with Crippen molar-refractivity contribution in [1.29, 1.82) is 0 Å². The molecule has 0 spiro atoms. The average Bonchev–Trinajstić information content (AvgIpc) is 2.63. The molecule has 0 aliphatic carbocycles. The summed E-state index contributed by atoms with van der Waals surface area (Å²) >= 11 is 5.11. The molecule has 2 rings (SSSR count). The Labute approximate surface area is 90.4 Å². The standard InChI is InChI=1S/C11H12BNS/c14-11-7-6-10(12-11)13-8-9-4-2-1-3-5-9/h1-5,13H,6-8H2. The Bertz CT molecular complexity index is 359. The molecule has 0 fully saturated rings. The fourth-order valence-corrected chi connectivity index (χ4v) is 1.79. The molecular weight excluding hydrogens is 189 g/mol. The van der Waals surface area contributed by atoms with Crippen molar-refractivity contribution in [3.05, 3.63) is 35.9 Å². The van der Waals surface area contributed by atoms with Crippen LogP contribution in [0.25, 0.3) is 0 Å². The van der Waals surface area contributed by atoms with Crippen molar-refractivity contribution in [2.75, 3.05) is 0 Å². The predicted molar refractivity (Wildman–Crippen MR) is 65.9 cm³/mol. The summed E-state index contributed by atoms with van der Waals surface area (Å²) in [5, 5.41) is 3.40. The summed E-state index contributed by atoms with van der Waals surface area (Å²) in [6, 6.07) is 10.4. The summed E-state index contributed by atoms with van der Waals surface area (Å²) < 4.78 is 1.07. The Morgan fingerprint density at radius 3 is 2.64 bits per heavy atom. The van der Waals surface area contributed by atoms with Crippen LogP contribution in [-0.4, -0.2) is 17.3 Å². The normalized spacial score (nSPS) is 14.9. The first-order valence-corrected chi connectivity index (χ1v) is 5.26. The molecule has 0 atom stereocenters. The van der Waals surface area contributed by atoms with Gasteiger partial charge in [-0.15, -0.1) is 0 Å². The van der Waals surface area contributed by atoms with Gasteiger partial charge >= 0.3 is 90.1 Å². The molecule has 1 aliphatic heterocycles. The zero-order chi connectivity index (χ0) is 9.80. The predicted octanol–water partition coefficient (Wildman–Crippen LogP) is 1.73. The Hall–Kier alpha value is -0.955. The van der Waals surface area contributed by atoms with Crippen molar-refractivity contribution < 1.29 is 0 Å². The molecule has 0 radical (unpaired) electrons. The van der Waals surface area contributed by atoms with Crippen molar-refractivity contribution in [2.24, 2.45) is 0 Å². The van der Waals surface area contributed by atoms with Crippen LogP contribution in [0.15, 0.2) is 30.3 Å². The van der Waals surface area contributed by atoms with Crippen molar-refractivity contribution in [1.82, 2.24) is 5.32 Å². The van der Waals surface area contributed by atoms with E-state index in [1.165, 1.54) is 11.2 Å². The number of benzene rings is 1. The van der Waals surface area contributed by atoms with E-state index in [1.54, 1.807) is 0 Å². The Kier molecular flexibility index (Phi) is 3.09. The van der Waals surface area contributed by atoms with Gasteiger partial charge in [0.2, 0.25) is 0 Å². The molecule has 1 aromatic rings. The van der Waals surface area contributed by atoms with Gasteiger partial charge in [0, 0.05) is 0 Å². The zero-order valence-electron chi connectivity index (χ0n) is 7.99. The summed E-state index contributed by atoms with van der Waals surface area (Å²) in [7, 11) is 0. The van der Waals surface area contributed by atoms with Gasteiger partial charge in [-0.2, -0.15) is 0 Å². The van der Waals surface area contributed by atoms with Crippen molar-refractivity contribution in [2.45, 2.75) is 19.4 Å². The van der Waals surface area contributed by atoms with Gasteiger partial charge in [-0.1, -0.05) is 0 Å². The third-order valence-electron chi connectivity index (χ3n) is 2.34. The van der Waals surface area contributed by atoms with Crippen LogP contribution in [-0.2, 0) is 6.54 Å². The van der Waals surface area contributed by atoms with Crippen LogP contribution in [0.2, 0.25) is 0 Å². The number of thiocarbonyl (C=S) groups is 1. The van der Waals surface area contributed by atoms with Gasteiger partial charge in [0.15, 0.2) is 0 Å². The summed E-state index contributed by atoms with van der Waals surface area (Å²) in [6.07, 6.45) is 2.11. The van der Waals surface area contributed by atoms with Crippen LogP contribution < -0.4 is 5.32 Å².